The third kappa shape index (κ3) is 4.71. The maximum atomic E-state index is 11.1. The van der Waals surface area contributed by atoms with Crippen LogP contribution in [0.5, 0.6) is 5.75 Å². The second kappa shape index (κ2) is 7.03. The van der Waals surface area contributed by atoms with Crippen LogP contribution in [0.1, 0.15) is 24.8 Å². The number of ether oxygens (including phenoxy) is 1. The summed E-state index contributed by atoms with van der Waals surface area (Å²) in [6, 6.07) is 5.46. The van der Waals surface area contributed by atoms with Crippen molar-refractivity contribution >= 4 is 11.6 Å². The van der Waals surface area contributed by atoms with Crippen molar-refractivity contribution in [3.63, 3.8) is 0 Å². The van der Waals surface area contributed by atoms with Crippen LogP contribution in [0.25, 0.3) is 0 Å². The summed E-state index contributed by atoms with van der Waals surface area (Å²) in [5, 5.41) is 16.9. The predicted octanol–water partition coefficient (Wildman–Crippen LogP) is 1.36. The van der Waals surface area contributed by atoms with E-state index in [0.717, 1.165) is 5.56 Å². The smallest absolute Gasteiger partial charge is 0.311 e. The van der Waals surface area contributed by atoms with Crippen molar-refractivity contribution in [2.45, 2.75) is 31.8 Å². The van der Waals surface area contributed by atoms with E-state index in [-0.39, 0.29) is 30.4 Å². The monoisotopic (exact) mass is 293 g/mol. The first kappa shape index (κ1) is 15.2. The average molecular weight is 293 g/mol. The van der Waals surface area contributed by atoms with Gasteiger partial charge in [0, 0.05) is 25.7 Å². The highest BCUT2D eigenvalue weighted by atomic mass is 16.6. The van der Waals surface area contributed by atoms with Gasteiger partial charge in [-0.1, -0.05) is 6.07 Å². The van der Waals surface area contributed by atoms with Gasteiger partial charge in [-0.15, -0.1) is 0 Å². The Kier molecular flexibility index (Phi) is 5.10. The van der Waals surface area contributed by atoms with Gasteiger partial charge in [0.05, 0.1) is 18.0 Å². The molecular weight excluding hydrogens is 274 g/mol. The van der Waals surface area contributed by atoms with Crippen LogP contribution < -0.4 is 15.4 Å². The molecule has 7 heteroatoms. The van der Waals surface area contributed by atoms with Crippen LogP contribution in [-0.2, 0) is 11.3 Å². The zero-order valence-corrected chi connectivity index (χ0v) is 11.9. The minimum Gasteiger partial charge on any atom is -0.486 e. The highest BCUT2D eigenvalue weighted by Gasteiger charge is 2.21. The molecule has 0 heterocycles. The van der Waals surface area contributed by atoms with Crippen LogP contribution >= 0.6 is 0 Å². The molecule has 1 aromatic rings. The Balaban J connectivity index is 1.98. The van der Waals surface area contributed by atoms with Crippen LogP contribution in [0.3, 0.4) is 0 Å². The van der Waals surface area contributed by atoms with Gasteiger partial charge < -0.3 is 15.4 Å². The number of nitrogens with one attached hydrogen (secondary N) is 2. The molecule has 0 aliphatic heterocycles. The number of amides is 1. The van der Waals surface area contributed by atoms with Crippen LogP contribution in [0.2, 0.25) is 0 Å². The first-order valence-corrected chi connectivity index (χ1v) is 6.94. The summed E-state index contributed by atoms with van der Waals surface area (Å²) in [5.74, 6) is 0.0296. The fraction of sp³-hybridized carbons (Fsp3) is 0.500. The minimum atomic E-state index is -0.462. The molecule has 7 nitrogen and oxygen atoms in total. The molecule has 0 unspecified atom stereocenters. The molecule has 1 saturated carbocycles. The van der Waals surface area contributed by atoms with Crippen LogP contribution in [-0.4, -0.2) is 30.5 Å². The number of rotatable bonds is 8. The lowest BCUT2D eigenvalue weighted by Gasteiger charge is -2.08. The van der Waals surface area contributed by atoms with Crippen molar-refractivity contribution in [2.24, 2.45) is 0 Å². The van der Waals surface area contributed by atoms with E-state index in [9.17, 15) is 14.9 Å². The molecule has 0 saturated heterocycles. The predicted molar refractivity (Wildman–Crippen MR) is 77.1 cm³/mol. The molecule has 2 rings (SSSR count). The fourth-order valence-corrected chi connectivity index (χ4v) is 1.87. The van der Waals surface area contributed by atoms with Crippen molar-refractivity contribution in [1.29, 1.82) is 0 Å². The highest BCUT2D eigenvalue weighted by Crippen LogP contribution is 2.28. The topological polar surface area (TPSA) is 93.5 Å². The molecule has 21 heavy (non-hydrogen) atoms. The van der Waals surface area contributed by atoms with E-state index in [4.69, 9.17) is 4.74 Å². The third-order valence-electron chi connectivity index (χ3n) is 3.26. The first-order valence-electron chi connectivity index (χ1n) is 6.94. The second-order valence-electron chi connectivity index (χ2n) is 4.99. The van der Waals surface area contributed by atoms with E-state index < -0.39 is 4.92 Å². The van der Waals surface area contributed by atoms with Gasteiger partial charge in [-0.3, -0.25) is 14.9 Å². The summed E-state index contributed by atoms with van der Waals surface area (Å²) in [6.07, 6.45) is 2.50. The lowest BCUT2D eigenvalue weighted by molar-refractivity contribution is -0.385. The Hall–Kier alpha value is -2.15. The second-order valence-corrected chi connectivity index (χ2v) is 4.99. The van der Waals surface area contributed by atoms with Gasteiger partial charge in [-0.2, -0.15) is 0 Å². The SMILES string of the molecule is CNC(=O)CCOc1ccc(CNC2CC2)cc1[N+](=O)[O-]. The third-order valence-corrected chi connectivity index (χ3v) is 3.26. The Bertz CT molecular complexity index is 529. The Morgan fingerprint density at radius 3 is 2.86 bits per heavy atom. The van der Waals surface area contributed by atoms with Crippen LogP contribution in [0, 0.1) is 10.1 Å². The van der Waals surface area contributed by atoms with Gasteiger partial charge in [0.2, 0.25) is 5.91 Å². The highest BCUT2D eigenvalue weighted by molar-refractivity contribution is 5.75. The molecule has 2 N–H and O–H groups in total. The number of carbonyl (C=O) groups is 1. The number of hydrogen-bond acceptors (Lipinski definition) is 5. The lowest BCUT2D eigenvalue weighted by Crippen LogP contribution is -2.20. The summed E-state index contributed by atoms with van der Waals surface area (Å²) in [4.78, 5) is 21.7. The van der Waals surface area contributed by atoms with Crippen molar-refractivity contribution in [3.05, 3.63) is 33.9 Å². The van der Waals surface area contributed by atoms with E-state index in [1.54, 1.807) is 12.1 Å². The molecule has 0 spiro atoms. The summed E-state index contributed by atoms with van der Waals surface area (Å²) in [6.45, 7) is 0.726. The maximum Gasteiger partial charge on any atom is 0.311 e. The Labute approximate surface area is 122 Å². The van der Waals surface area contributed by atoms with Gasteiger partial charge in [0.15, 0.2) is 5.75 Å². The molecular formula is C14H19N3O4. The summed E-state index contributed by atoms with van der Waals surface area (Å²) < 4.78 is 5.34. The van der Waals surface area contributed by atoms with Gasteiger partial charge in [-0.25, -0.2) is 0 Å². The van der Waals surface area contributed by atoms with Gasteiger partial charge in [0.1, 0.15) is 0 Å². The van der Waals surface area contributed by atoms with E-state index in [1.807, 2.05) is 0 Å². The first-order chi connectivity index (χ1) is 10.1. The molecule has 0 bridgehead atoms. The Morgan fingerprint density at radius 2 is 2.24 bits per heavy atom. The quantitative estimate of drug-likeness (QED) is 0.557. The largest absolute Gasteiger partial charge is 0.486 e. The van der Waals surface area contributed by atoms with Crippen molar-refractivity contribution < 1.29 is 14.5 Å². The minimum absolute atomic E-state index is 0.0676. The number of nitro groups is 1. The number of hydrogen-bond donors (Lipinski definition) is 2. The van der Waals surface area contributed by atoms with E-state index in [2.05, 4.69) is 10.6 Å². The van der Waals surface area contributed by atoms with Gasteiger partial charge in [-0.05, 0) is 24.5 Å². The summed E-state index contributed by atoms with van der Waals surface area (Å²) in [5.41, 5.74) is 0.786. The van der Waals surface area contributed by atoms with Crippen molar-refractivity contribution in [3.8, 4) is 5.75 Å². The Morgan fingerprint density at radius 1 is 1.48 bits per heavy atom. The molecule has 1 aliphatic carbocycles. The summed E-state index contributed by atoms with van der Waals surface area (Å²) in [7, 11) is 1.53. The number of benzene rings is 1. The number of nitro benzene ring substituents is 1. The molecule has 1 aromatic carbocycles. The zero-order chi connectivity index (χ0) is 15.2. The standard InChI is InChI=1S/C14H19N3O4/c1-15-14(18)6-7-21-13-5-2-10(8-12(13)17(19)20)9-16-11-3-4-11/h2,5,8,11,16H,3-4,6-7,9H2,1H3,(H,15,18). The molecule has 1 aliphatic rings. The molecule has 1 fully saturated rings. The van der Waals surface area contributed by atoms with Gasteiger partial charge >= 0.3 is 5.69 Å². The van der Waals surface area contributed by atoms with Crippen molar-refractivity contribution in [1.82, 2.24) is 10.6 Å². The molecule has 0 atom stereocenters. The van der Waals surface area contributed by atoms with E-state index in [1.165, 1.54) is 26.0 Å². The van der Waals surface area contributed by atoms with Crippen LogP contribution in [0.4, 0.5) is 5.69 Å². The van der Waals surface area contributed by atoms with Crippen molar-refractivity contribution in [2.75, 3.05) is 13.7 Å². The van der Waals surface area contributed by atoms with Gasteiger partial charge in [0.25, 0.3) is 0 Å². The summed E-state index contributed by atoms with van der Waals surface area (Å²) >= 11 is 0. The lowest BCUT2D eigenvalue weighted by atomic mass is 10.2. The number of nitrogens with zero attached hydrogens (tertiary/aromatic N) is 1. The zero-order valence-electron chi connectivity index (χ0n) is 11.9. The van der Waals surface area contributed by atoms with E-state index >= 15 is 0 Å². The molecule has 0 radical (unpaired) electrons. The van der Waals surface area contributed by atoms with E-state index in [0.29, 0.717) is 12.6 Å². The maximum absolute atomic E-state index is 11.1. The molecule has 1 amide bonds. The average Bonchev–Trinajstić information content (AvgIpc) is 3.29. The normalized spacial score (nSPS) is 13.8. The number of carbonyl (C=O) groups excluding carboxylic acids is 1. The molecule has 114 valence electrons. The van der Waals surface area contributed by atoms with Crippen LogP contribution in [0.15, 0.2) is 18.2 Å². The molecule has 0 aromatic heterocycles. The fourth-order valence-electron chi connectivity index (χ4n) is 1.87.